The van der Waals surface area contributed by atoms with E-state index in [9.17, 15) is 13.2 Å². The first-order valence-electron chi connectivity index (χ1n) is 11.0. The summed E-state index contributed by atoms with van der Waals surface area (Å²) in [6, 6.07) is 16.4. The van der Waals surface area contributed by atoms with Gasteiger partial charge in [-0.05, 0) is 49.4 Å². The number of nitrogens with one attached hydrogen (secondary N) is 1. The quantitative estimate of drug-likeness (QED) is 0.347. The van der Waals surface area contributed by atoms with Gasteiger partial charge in [0.05, 0.1) is 38.9 Å². The van der Waals surface area contributed by atoms with Crippen LogP contribution in [-0.4, -0.2) is 42.9 Å². The Labute approximate surface area is 205 Å². The Morgan fingerprint density at radius 3 is 2.64 bits per heavy atom. The molecule has 36 heavy (non-hydrogen) atoms. The van der Waals surface area contributed by atoms with Crippen LogP contribution in [0.15, 0.2) is 84.1 Å². The lowest BCUT2D eigenvalue weighted by Crippen LogP contribution is -2.19. The number of carbonyl (C=O) groups is 1. The van der Waals surface area contributed by atoms with Crippen LogP contribution in [-0.2, 0) is 10.0 Å². The number of rotatable bonds is 5. The molecule has 6 rings (SSSR count). The Hall–Kier alpha value is -4.77. The molecule has 0 fully saturated rings. The van der Waals surface area contributed by atoms with E-state index in [4.69, 9.17) is 5.73 Å². The number of anilines is 1. The number of aryl methyl sites for hydroxylation is 1. The summed E-state index contributed by atoms with van der Waals surface area (Å²) in [4.78, 5) is 25.4. The lowest BCUT2D eigenvalue weighted by atomic mass is 10.1. The zero-order chi connectivity index (χ0) is 25.0. The van der Waals surface area contributed by atoms with Gasteiger partial charge in [-0.15, -0.1) is 0 Å². The molecule has 0 aliphatic rings. The monoisotopic (exact) mass is 497 g/mol. The second kappa shape index (κ2) is 7.89. The molecular formula is C25H19N7O3S. The number of hydrogen-bond acceptors (Lipinski definition) is 7. The van der Waals surface area contributed by atoms with Crippen LogP contribution in [0.4, 0.5) is 5.82 Å². The lowest BCUT2D eigenvalue weighted by molar-refractivity contribution is 0.103. The Balaban J connectivity index is 1.50. The number of benzene rings is 2. The minimum absolute atomic E-state index is 0.0557. The van der Waals surface area contributed by atoms with Gasteiger partial charge in [0.1, 0.15) is 17.3 Å². The largest absolute Gasteiger partial charge is 0.383 e. The number of hydrogen-bond donors (Lipinski definition) is 2. The molecule has 0 amide bonds. The Bertz CT molecular complexity index is 1900. The maximum atomic E-state index is 13.7. The fraction of sp³-hybridized carbons (Fsp3) is 0.0400. The predicted molar refractivity (Wildman–Crippen MR) is 135 cm³/mol. The minimum atomic E-state index is -4.10. The van der Waals surface area contributed by atoms with Crippen molar-refractivity contribution in [3.05, 3.63) is 96.3 Å². The number of nitrogens with zero attached hydrogens (tertiary/aromatic N) is 5. The molecule has 0 atom stereocenters. The summed E-state index contributed by atoms with van der Waals surface area (Å²) in [5.74, 6) is 0.281. The van der Waals surface area contributed by atoms with E-state index in [0.717, 1.165) is 20.8 Å². The van der Waals surface area contributed by atoms with Crippen molar-refractivity contribution in [2.24, 2.45) is 0 Å². The number of ketones is 1. The summed E-state index contributed by atoms with van der Waals surface area (Å²) < 4.78 is 29.7. The molecule has 178 valence electrons. The zero-order valence-corrected chi connectivity index (χ0v) is 19.8. The number of aromatic nitrogens is 6. The summed E-state index contributed by atoms with van der Waals surface area (Å²) in [5.41, 5.74) is 8.95. The van der Waals surface area contributed by atoms with Crippen LogP contribution in [0.1, 0.15) is 21.9 Å². The number of aromatic amines is 1. The van der Waals surface area contributed by atoms with Gasteiger partial charge in [-0.3, -0.25) is 9.78 Å². The number of fused-ring (bicyclic) bond motifs is 2. The normalized spacial score (nSPS) is 11.9. The van der Waals surface area contributed by atoms with Crippen molar-refractivity contribution < 1.29 is 13.2 Å². The highest BCUT2D eigenvalue weighted by atomic mass is 32.2. The fourth-order valence-corrected chi connectivity index (χ4v) is 5.81. The zero-order valence-electron chi connectivity index (χ0n) is 19.0. The van der Waals surface area contributed by atoms with Crippen molar-refractivity contribution in [1.29, 1.82) is 0 Å². The van der Waals surface area contributed by atoms with Crippen LogP contribution in [0, 0.1) is 6.92 Å². The maximum absolute atomic E-state index is 13.7. The van der Waals surface area contributed by atoms with E-state index in [0.29, 0.717) is 16.6 Å². The third-order valence-corrected chi connectivity index (χ3v) is 7.69. The van der Waals surface area contributed by atoms with E-state index < -0.39 is 15.8 Å². The van der Waals surface area contributed by atoms with Crippen molar-refractivity contribution in [2.75, 3.05) is 5.73 Å². The second-order valence-electron chi connectivity index (χ2n) is 8.25. The highest BCUT2D eigenvalue weighted by molar-refractivity contribution is 7.90. The third kappa shape index (κ3) is 3.28. The van der Waals surface area contributed by atoms with E-state index in [1.54, 1.807) is 30.3 Å². The molecule has 6 aromatic rings. The van der Waals surface area contributed by atoms with E-state index in [-0.39, 0.29) is 22.0 Å². The van der Waals surface area contributed by atoms with Crippen molar-refractivity contribution in [3.8, 4) is 5.69 Å². The lowest BCUT2D eigenvalue weighted by Gasteiger charge is -2.11. The highest BCUT2D eigenvalue weighted by Crippen LogP contribution is 2.29. The van der Waals surface area contributed by atoms with Crippen LogP contribution in [0.2, 0.25) is 0 Å². The summed E-state index contributed by atoms with van der Waals surface area (Å²) >= 11 is 0. The first-order chi connectivity index (χ1) is 17.3. The fourth-order valence-electron chi connectivity index (χ4n) is 4.28. The smallest absolute Gasteiger partial charge is 0.268 e. The van der Waals surface area contributed by atoms with Crippen molar-refractivity contribution in [1.82, 2.24) is 28.7 Å². The molecule has 11 heteroatoms. The van der Waals surface area contributed by atoms with Gasteiger partial charge in [0.25, 0.3) is 10.0 Å². The first-order valence-corrected chi connectivity index (χ1v) is 12.4. The molecule has 0 aliphatic heterocycles. The molecule has 0 aliphatic carbocycles. The van der Waals surface area contributed by atoms with E-state index in [2.05, 4.69) is 20.1 Å². The molecule has 0 spiro atoms. The Kier molecular flexibility index (Phi) is 4.76. The SMILES string of the molecule is Cc1nc2ccc(-n3ncc(C(=O)c4cc5cnccc5n4S(=O)(=O)c4ccccc4)c3N)cc2[nH]1. The molecule has 0 radical (unpaired) electrons. The molecular weight excluding hydrogens is 478 g/mol. The van der Waals surface area contributed by atoms with E-state index in [1.807, 2.05) is 19.1 Å². The van der Waals surface area contributed by atoms with Gasteiger partial charge in [-0.2, -0.15) is 5.10 Å². The number of carbonyl (C=O) groups excluding carboxylic acids is 1. The third-order valence-electron chi connectivity index (χ3n) is 5.95. The van der Waals surface area contributed by atoms with Gasteiger partial charge in [0.2, 0.25) is 5.78 Å². The maximum Gasteiger partial charge on any atom is 0.268 e. The van der Waals surface area contributed by atoms with E-state index >= 15 is 0 Å². The Morgan fingerprint density at radius 1 is 1.03 bits per heavy atom. The highest BCUT2D eigenvalue weighted by Gasteiger charge is 2.29. The predicted octanol–water partition coefficient (Wildman–Crippen LogP) is 3.46. The van der Waals surface area contributed by atoms with E-state index in [1.165, 1.54) is 41.5 Å². The summed E-state index contributed by atoms with van der Waals surface area (Å²) in [6.07, 6.45) is 4.33. The van der Waals surface area contributed by atoms with Gasteiger partial charge in [0, 0.05) is 17.8 Å². The molecule has 2 aromatic carbocycles. The van der Waals surface area contributed by atoms with Gasteiger partial charge < -0.3 is 10.7 Å². The Morgan fingerprint density at radius 2 is 1.83 bits per heavy atom. The van der Waals surface area contributed by atoms with Crippen LogP contribution in [0.25, 0.3) is 27.6 Å². The number of nitrogen functional groups attached to an aromatic ring is 1. The van der Waals surface area contributed by atoms with Gasteiger partial charge >= 0.3 is 0 Å². The standard InChI is InChI=1S/C25H19N7O3S/c1-15-29-20-8-7-17(12-21(20)30-15)31-25(26)19(14-28-31)24(33)23-11-16-13-27-10-9-22(16)32(23)36(34,35)18-5-3-2-4-6-18/h2-14H,26H2,1H3,(H,29,30). The van der Waals surface area contributed by atoms with Gasteiger partial charge in [-0.1, -0.05) is 18.2 Å². The molecule has 0 saturated heterocycles. The molecule has 0 bridgehead atoms. The van der Waals surface area contributed by atoms with Crippen LogP contribution in [0.3, 0.4) is 0 Å². The van der Waals surface area contributed by atoms with Gasteiger partial charge in [-0.25, -0.2) is 22.1 Å². The number of H-pyrrole nitrogens is 1. The van der Waals surface area contributed by atoms with Crippen molar-refractivity contribution in [2.45, 2.75) is 11.8 Å². The number of imidazole rings is 1. The topological polar surface area (TPSA) is 142 Å². The number of nitrogens with two attached hydrogens (primary N) is 1. The summed E-state index contributed by atoms with van der Waals surface area (Å²) in [7, 11) is -4.10. The summed E-state index contributed by atoms with van der Waals surface area (Å²) in [5, 5.41) is 4.82. The second-order valence-corrected chi connectivity index (χ2v) is 10.0. The molecule has 3 N–H and O–H groups in total. The van der Waals surface area contributed by atoms with Crippen molar-refractivity contribution in [3.63, 3.8) is 0 Å². The molecule has 4 aromatic heterocycles. The summed E-state index contributed by atoms with van der Waals surface area (Å²) in [6.45, 7) is 1.86. The minimum Gasteiger partial charge on any atom is -0.383 e. The molecule has 0 unspecified atom stereocenters. The average Bonchev–Trinajstić information content (AvgIpc) is 3.57. The number of pyridine rings is 1. The molecule has 10 nitrogen and oxygen atoms in total. The first kappa shape index (κ1) is 21.7. The van der Waals surface area contributed by atoms with Gasteiger partial charge in [0.15, 0.2) is 0 Å². The van der Waals surface area contributed by atoms with Crippen LogP contribution >= 0.6 is 0 Å². The average molecular weight is 498 g/mol. The van der Waals surface area contributed by atoms with Crippen molar-refractivity contribution >= 4 is 43.6 Å². The van der Waals surface area contributed by atoms with Crippen LogP contribution < -0.4 is 5.73 Å². The molecule has 0 saturated carbocycles. The molecule has 4 heterocycles. The van der Waals surface area contributed by atoms with Crippen LogP contribution in [0.5, 0.6) is 0 Å².